The number of fused-ring (bicyclic) bond motifs is 1. The number of halogens is 4. The molecule has 0 aromatic carbocycles. The maximum atomic E-state index is 12.2. The Labute approximate surface area is 92.9 Å². The fourth-order valence-corrected chi connectivity index (χ4v) is 1.59. The molecule has 4 nitrogen and oxygen atoms in total. The Morgan fingerprint density at radius 1 is 1.33 bits per heavy atom. The molecule has 0 N–H and O–H groups in total. The summed E-state index contributed by atoms with van der Waals surface area (Å²) < 4.78 is 25.5. The Morgan fingerprint density at radius 2 is 2.07 bits per heavy atom. The van der Waals surface area contributed by atoms with Gasteiger partial charge in [-0.25, -0.2) is 18.7 Å². The van der Waals surface area contributed by atoms with Gasteiger partial charge in [0, 0.05) is 0 Å². The van der Waals surface area contributed by atoms with E-state index < -0.39 is 13.0 Å². The number of alkyl halides is 2. The van der Waals surface area contributed by atoms with E-state index in [-0.39, 0.29) is 21.6 Å². The van der Waals surface area contributed by atoms with Gasteiger partial charge < -0.3 is 4.57 Å². The van der Waals surface area contributed by atoms with Crippen molar-refractivity contribution in [3.05, 3.63) is 16.8 Å². The van der Waals surface area contributed by atoms with Crippen molar-refractivity contribution in [3.63, 3.8) is 0 Å². The second-order valence-corrected chi connectivity index (χ2v) is 3.44. The lowest BCUT2D eigenvalue weighted by Crippen LogP contribution is -2.06. The lowest BCUT2D eigenvalue weighted by atomic mass is 10.5. The van der Waals surface area contributed by atoms with E-state index in [9.17, 15) is 8.78 Å². The van der Waals surface area contributed by atoms with Crippen LogP contribution in [0.25, 0.3) is 11.2 Å². The second-order valence-electron chi connectivity index (χ2n) is 2.74. The van der Waals surface area contributed by atoms with Gasteiger partial charge in [-0.05, 0) is 11.6 Å². The van der Waals surface area contributed by atoms with Crippen molar-refractivity contribution in [3.8, 4) is 0 Å². The van der Waals surface area contributed by atoms with E-state index in [2.05, 4.69) is 15.0 Å². The SMILES string of the molecule is FC(F)Cn1cnc2c(Cl)nc(Cl)nc21. The molecule has 2 rings (SSSR count). The highest BCUT2D eigenvalue weighted by Crippen LogP contribution is 2.20. The smallest absolute Gasteiger partial charge is 0.256 e. The number of aromatic nitrogens is 4. The van der Waals surface area contributed by atoms with Crippen LogP contribution in [0.3, 0.4) is 0 Å². The molecule has 0 fully saturated rings. The van der Waals surface area contributed by atoms with E-state index >= 15 is 0 Å². The van der Waals surface area contributed by atoms with E-state index in [1.54, 1.807) is 0 Å². The van der Waals surface area contributed by atoms with Gasteiger partial charge in [0.1, 0.15) is 5.52 Å². The van der Waals surface area contributed by atoms with Crippen LogP contribution in [0, 0.1) is 0 Å². The van der Waals surface area contributed by atoms with Gasteiger partial charge in [0.15, 0.2) is 10.8 Å². The average molecular weight is 253 g/mol. The molecule has 8 heteroatoms. The molecule has 0 bridgehead atoms. The fourth-order valence-electron chi connectivity index (χ4n) is 1.17. The minimum Gasteiger partial charge on any atom is -0.309 e. The molecular weight excluding hydrogens is 249 g/mol. The predicted octanol–water partition coefficient (Wildman–Crippen LogP) is 2.40. The molecule has 2 aromatic rings. The van der Waals surface area contributed by atoms with Gasteiger partial charge in [-0.15, -0.1) is 0 Å². The summed E-state index contributed by atoms with van der Waals surface area (Å²) in [7, 11) is 0. The minimum absolute atomic E-state index is 0.0537. The largest absolute Gasteiger partial charge is 0.309 e. The highest BCUT2D eigenvalue weighted by atomic mass is 35.5. The van der Waals surface area contributed by atoms with Gasteiger partial charge in [-0.3, -0.25) is 0 Å². The number of nitrogens with zero attached hydrogens (tertiary/aromatic N) is 4. The maximum Gasteiger partial charge on any atom is 0.256 e. The van der Waals surface area contributed by atoms with E-state index in [4.69, 9.17) is 23.2 Å². The third-order valence-corrected chi connectivity index (χ3v) is 2.16. The van der Waals surface area contributed by atoms with Crippen LogP contribution in [0.5, 0.6) is 0 Å². The van der Waals surface area contributed by atoms with Crippen molar-refractivity contribution >= 4 is 34.4 Å². The topological polar surface area (TPSA) is 43.6 Å². The van der Waals surface area contributed by atoms with Gasteiger partial charge >= 0.3 is 0 Å². The van der Waals surface area contributed by atoms with E-state index in [0.29, 0.717) is 0 Å². The minimum atomic E-state index is -2.49. The zero-order chi connectivity index (χ0) is 11.0. The highest BCUT2D eigenvalue weighted by Gasteiger charge is 2.13. The lowest BCUT2D eigenvalue weighted by molar-refractivity contribution is 0.128. The first-order valence-corrected chi connectivity index (χ1v) is 4.65. The Balaban J connectivity index is 2.58. The maximum absolute atomic E-state index is 12.2. The quantitative estimate of drug-likeness (QED) is 0.609. The molecule has 2 heterocycles. The van der Waals surface area contributed by atoms with Gasteiger partial charge in [-0.2, -0.15) is 4.98 Å². The van der Waals surface area contributed by atoms with Gasteiger partial charge in [0.05, 0.1) is 12.9 Å². The van der Waals surface area contributed by atoms with Crippen LogP contribution in [0.1, 0.15) is 0 Å². The zero-order valence-corrected chi connectivity index (χ0v) is 8.67. The fraction of sp³-hybridized carbons (Fsp3) is 0.286. The van der Waals surface area contributed by atoms with Crippen molar-refractivity contribution in [2.45, 2.75) is 13.0 Å². The summed E-state index contributed by atoms with van der Waals surface area (Å²) in [5.74, 6) is 0. The zero-order valence-electron chi connectivity index (χ0n) is 7.16. The molecule has 0 unspecified atom stereocenters. The summed E-state index contributed by atoms with van der Waals surface area (Å²) in [5.41, 5.74) is 0.474. The molecule has 0 atom stereocenters. The molecule has 0 saturated heterocycles. The van der Waals surface area contributed by atoms with Crippen LogP contribution >= 0.6 is 23.2 Å². The summed E-state index contributed by atoms with van der Waals surface area (Å²) in [4.78, 5) is 11.3. The normalized spacial score (nSPS) is 11.5. The first kappa shape index (κ1) is 10.5. The summed E-state index contributed by atoms with van der Waals surface area (Å²) in [6.45, 7) is -0.500. The van der Waals surface area contributed by atoms with Gasteiger partial charge in [-0.1, -0.05) is 11.6 Å². The summed E-state index contributed by atoms with van der Waals surface area (Å²) in [6.07, 6.45) is -1.26. The first-order valence-electron chi connectivity index (χ1n) is 3.90. The molecule has 0 spiro atoms. The molecule has 0 aliphatic heterocycles. The van der Waals surface area contributed by atoms with Crippen LogP contribution in [0.2, 0.25) is 10.4 Å². The van der Waals surface area contributed by atoms with Crippen LogP contribution in [-0.2, 0) is 6.54 Å². The third-order valence-electron chi connectivity index (χ3n) is 1.73. The molecule has 80 valence electrons. The predicted molar refractivity (Wildman–Crippen MR) is 51.3 cm³/mol. The molecule has 0 aliphatic rings. The summed E-state index contributed by atoms with van der Waals surface area (Å²) in [6, 6.07) is 0. The molecule has 0 aliphatic carbocycles. The van der Waals surface area contributed by atoms with Gasteiger partial charge in [0.2, 0.25) is 5.28 Å². The van der Waals surface area contributed by atoms with Crippen molar-refractivity contribution < 1.29 is 8.78 Å². The molecule has 0 saturated carbocycles. The third kappa shape index (κ3) is 2.00. The van der Waals surface area contributed by atoms with Crippen molar-refractivity contribution in [1.82, 2.24) is 19.5 Å². The van der Waals surface area contributed by atoms with E-state index in [1.165, 1.54) is 10.9 Å². The van der Waals surface area contributed by atoms with E-state index in [0.717, 1.165) is 0 Å². The van der Waals surface area contributed by atoms with Crippen molar-refractivity contribution in [2.75, 3.05) is 0 Å². The number of rotatable bonds is 2. The van der Waals surface area contributed by atoms with Crippen molar-refractivity contribution in [1.29, 1.82) is 0 Å². The molecule has 2 aromatic heterocycles. The Hall–Kier alpha value is -1.01. The number of hydrogen-bond acceptors (Lipinski definition) is 3. The molecule has 15 heavy (non-hydrogen) atoms. The van der Waals surface area contributed by atoms with Crippen LogP contribution in [-0.4, -0.2) is 25.9 Å². The molecule has 0 amide bonds. The van der Waals surface area contributed by atoms with Crippen molar-refractivity contribution in [2.24, 2.45) is 0 Å². The standard InChI is InChI=1S/C7H4Cl2F2N4/c8-5-4-6(14-7(9)13-5)15(2-12-4)1-3(10)11/h2-3H,1H2. The number of imidazole rings is 1. The Bertz CT molecular complexity index is 499. The number of hydrogen-bond donors (Lipinski definition) is 0. The van der Waals surface area contributed by atoms with Crippen LogP contribution < -0.4 is 0 Å². The highest BCUT2D eigenvalue weighted by molar-refractivity contribution is 6.35. The second kappa shape index (κ2) is 3.86. The van der Waals surface area contributed by atoms with Gasteiger partial charge in [0.25, 0.3) is 6.43 Å². The average Bonchev–Trinajstić information content (AvgIpc) is 2.48. The van der Waals surface area contributed by atoms with Crippen LogP contribution in [0.4, 0.5) is 8.78 Å². The summed E-state index contributed by atoms with van der Waals surface area (Å²) in [5, 5.41) is -0.0402. The Kier molecular flexibility index (Phi) is 2.70. The first-order chi connectivity index (χ1) is 7.08. The van der Waals surface area contributed by atoms with Crippen LogP contribution in [0.15, 0.2) is 6.33 Å². The monoisotopic (exact) mass is 252 g/mol. The summed E-state index contributed by atoms with van der Waals surface area (Å²) >= 11 is 11.3. The molecular formula is C7H4Cl2F2N4. The molecule has 0 radical (unpaired) electrons. The van der Waals surface area contributed by atoms with E-state index in [1.807, 2.05) is 0 Å². The lowest BCUT2D eigenvalue weighted by Gasteiger charge is -2.01. The Morgan fingerprint density at radius 3 is 2.73 bits per heavy atom.